The van der Waals surface area contributed by atoms with E-state index in [0.29, 0.717) is 13.2 Å². The number of carbonyl (C=O) groups is 1. The Morgan fingerprint density at radius 1 is 1.16 bits per heavy atom. The molecule has 2 fully saturated rings. The zero-order chi connectivity index (χ0) is 13.1. The Bertz CT molecular complexity index is 441. The van der Waals surface area contributed by atoms with Gasteiger partial charge in [0.15, 0.2) is 0 Å². The number of ether oxygens (including phenoxy) is 1. The van der Waals surface area contributed by atoms with Crippen LogP contribution in [0.4, 0.5) is 10.5 Å². The molecule has 19 heavy (non-hydrogen) atoms. The van der Waals surface area contributed by atoms with Gasteiger partial charge in [-0.3, -0.25) is 4.90 Å². The number of nitrogens with zero attached hydrogens (tertiary/aromatic N) is 1. The molecule has 4 heteroatoms. The Morgan fingerprint density at radius 3 is 2.63 bits per heavy atom. The number of urea groups is 1. The topological polar surface area (TPSA) is 41.6 Å². The van der Waals surface area contributed by atoms with E-state index in [1.165, 1.54) is 6.42 Å². The van der Waals surface area contributed by atoms with Gasteiger partial charge < -0.3 is 10.1 Å². The van der Waals surface area contributed by atoms with Crippen LogP contribution in [-0.2, 0) is 4.74 Å². The average molecular weight is 260 g/mol. The SMILES string of the molecule is O=C(Nc1ccccc1)N1CCOC12CCCCC2. The van der Waals surface area contributed by atoms with Crippen molar-refractivity contribution >= 4 is 11.7 Å². The van der Waals surface area contributed by atoms with Crippen LogP contribution in [0.3, 0.4) is 0 Å². The highest BCUT2D eigenvalue weighted by atomic mass is 16.5. The van der Waals surface area contributed by atoms with Crippen LogP contribution in [0.2, 0.25) is 0 Å². The minimum Gasteiger partial charge on any atom is -0.354 e. The summed E-state index contributed by atoms with van der Waals surface area (Å²) in [4.78, 5) is 14.3. The molecule has 1 N–H and O–H groups in total. The Kier molecular flexibility index (Phi) is 3.42. The van der Waals surface area contributed by atoms with Gasteiger partial charge in [-0.1, -0.05) is 24.6 Å². The molecule has 4 nitrogen and oxygen atoms in total. The second kappa shape index (κ2) is 5.21. The van der Waals surface area contributed by atoms with Crippen LogP contribution in [0.25, 0.3) is 0 Å². The summed E-state index contributed by atoms with van der Waals surface area (Å²) in [5.41, 5.74) is 0.502. The third kappa shape index (κ3) is 2.45. The summed E-state index contributed by atoms with van der Waals surface area (Å²) < 4.78 is 5.92. The largest absolute Gasteiger partial charge is 0.354 e. The molecular weight excluding hydrogens is 240 g/mol. The smallest absolute Gasteiger partial charge is 0.324 e. The molecule has 0 bridgehead atoms. The van der Waals surface area contributed by atoms with Gasteiger partial charge in [-0.2, -0.15) is 0 Å². The lowest BCUT2D eigenvalue weighted by Gasteiger charge is -2.39. The molecule has 2 aliphatic rings. The quantitative estimate of drug-likeness (QED) is 0.842. The van der Waals surface area contributed by atoms with Crippen molar-refractivity contribution in [1.29, 1.82) is 0 Å². The summed E-state index contributed by atoms with van der Waals surface area (Å²) in [5, 5.41) is 2.96. The van der Waals surface area contributed by atoms with E-state index < -0.39 is 0 Å². The summed E-state index contributed by atoms with van der Waals surface area (Å²) in [6.45, 7) is 1.35. The molecule has 1 spiro atoms. The fraction of sp³-hybridized carbons (Fsp3) is 0.533. The predicted octanol–water partition coefficient (Wildman–Crippen LogP) is 3.21. The van der Waals surface area contributed by atoms with E-state index in [4.69, 9.17) is 4.74 Å². The van der Waals surface area contributed by atoms with Crippen molar-refractivity contribution < 1.29 is 9.53 Å². The van der Waals surface area contributed by atoms with Gasteiger partial charge in [0.1, 0.15) is 5.72 Å². The maximum absolute atomic E-state index is 12.4. The maximum Gasteiger partial charge on any atom is 0.324 e. The molecule has 2 amide bonds. The third-order valence-electron chi connectivity index (χ3n) is 4.08. The summed E-state index contributed by atoms with van der Waals surface area (Å²) >= 11 is 0. The molecule has 1 aliphatic heterocycles. The molecule has 0 atom stereocenters. The number of rotatable bonds is 1. The van der Waals surface area contributed by atoms with Gasteiger partial charge in [0.05, 0.1) is 6.61 Å². The Hall–Kier alpha value is -1.55. The van der Waals surface area contributed by atoms with Gasteiger partial charge in [0, 0.05) is 12.2 Å². The van der Waals surface area contributed by atoms with E-state index in [2.05, 4.69) is 5.32 Å². The Balaban J connectivity index is 1.72. The number of benzene rings is 1. The van der Waals surface area contributed by atoms with Crippen LogP contribution in [-0.4, -0.2) is 29.8 Å². The van der Waals surface area contributed by atoms with E-state index in [1.54, 1.807) is 0 Å². The molecule has 1 saturated heterocycles. The van der Waals surface area contributed by atoms with Crippen LogP contribution in [0.1, 0.15) is 32.1 Å². The van der Waals surface area contributed by atoms with Gasteiger partial charge in [-0.25, -0.2) is 4.79 Å². The standard InChI is InChI=1S/C15H20N2O2/c18-14(16-13-7-3-1-4-8-13)17-11-12-19-15(17)9-5-2-6-10-15/h1,3-4,7-8H,2,5-6,9-12H2,(H,16,18). The highest BCUT2D eigenvalue weighted by Gasteiger charge is 2.45. The minimum absolute atomic E-state index is 0.0365. The fourth-order valence-electron chi connectivity index (χ4n) is 3.13. The first-order valence-corrected chi connectivity index (χ1v) is 7.08. The molecule has 0 unspecified atom stereocenters. The van der Waals surface area contributed by atoms with Crippen molar-refractivity contribution in [3.05, 3.63) is 30.3 Å². The molecule has 1 aromatic rings. The van der Waals surface area contributed by atoms with Crippen LogP contribution in [0, 0.1) is 0 Å². The zero-order valence-electron chi connectivity index (χ0n) is 11.1. The number of nitrogens with one attached hydrogen (secondary N) is 1. The molecule has 1 heterocycles. The first-order valence-electron chi connectivity index (χ1n) is 7.08. The van der Waals surface area contributed by atoms with Crippen LogP contribution >= 0.6 is 0 Å². The maximum atomic E-state index is 12.4. The van der Waals surface area contributed by atoms with E-state index in [0.717, 1.165) is 31.4 Å². The van der Waals surface area contributed by atoms with Crippen molar-refractivity contribution in [3.8, 4) is 0 Å². The number of anilines is 1. The summed E-state index contributed by atoms with van der Waals surface area (Å²) in [6, 6.07) is 9.56. The van der Waals surface area contributed by atoms with Crippen LogP contribution < -0.4 is 5.32 Å². The fourth-order valence-corrected chi connectivity index (χ4v) is 3.13. The van der Waals surface area contributed by atoms with Gasteiger partial charge in [-0.15, -0.1) is 0 Å². The Morgan fingerprint density at radius 2 is 1.89 bits per heavy atom. The lowest BCUT2D eigenvalue weighted by molar-refractivity contribution is -0.0867. The average Bonchev–Trinajstić information content (AvgIpc) is 2.84. The lowest BCUT2D eigenvalue weighted by atomic mass is 9.91. The normalized spacial score (nSPS) is 21.6. The highest BCUT2D eigenvalue weighted by Crippen LogP contribution is 2.38. The van der Waals surface area contributed by atoms with Crippen LogP contribution in [0.15, 0.2) is 30.3 Å². The molecule has 1 aliphatic carbocycles. The van der Waals surface area contributed by atoms with Crippen molar-refractivity contribution in [2.45, 2.75) is 37.8 Å². The van der Waals surface area contributed by atoms with E-state index in [-0.39, 0.29) is 11.8 Å². The molecule has 1 saturated carbocycles. The van der Waals surface area contributed by atoms with Gasteiger partial charge in [-0.05, 0) is 37.8 Å². The molecule has 0 aromatic heterocycles. The van der Waals surface area contributed by atoms with Crippen molar-refractivity contribution in [2.24, 2.45) is 0 Å². The number of amides is 2. The number of hydrogen-bond acceptors (Lipinski definition) is 2. The first kappa shape index (κ1) is 12.5. The minimum atomic E-state index is -0.336. The Labute approximate surface area is 113 Å². The second-order valence-corrected chi connectivity index (χ2v) is 5.30. The number of carbonyl (C=O) groups excluding carboxylic acids is 1. The lowest BCUT2D eigenvalue weighted by Crippen LogP contribution is -2.51. The summed E-state index contributed by atoms with van der Waals surface area (Å²) in [5.74, 6) is 0. The first-order chi connectivity index (χ1) is 9.30. The highest BCUT2D eigenvalue weighted by molar-refractivity contribution is 5.89. The van der Waals surface area contributed by atoms with Gasteiger partial charge in [0.25, 0.3) is 0 Å². The van der Waals surface area contributed by atoms with Crippen molar-refractivity contribution in [3.63, 3.8) is 0 Å². The molecule has 102 valence electrons. The van der Waals surface area contributed by atoms with Crippen molar-refractivity contribution in [1.82, 2.24) is 4.90 Å². The van der Waals surface area contributed by atoms with E-state index >= 15 is 0 Å². The zero-order valence-corrected chi connectivity index (χ0v) is 11.1. The third-order valence-corrected chi connectivity index (χ3v) is 4.08. The second-order valence-electron chi connectivity index (χ2n) is 5.30. The number of hydrogen-bond donors (Lipinski definition) is 1. The summed E-state index contributed by atoms with van der Waals surface area (Å²) in [6.07, 6.45) is 5.48. The predicted molar refractivity (Wildman–Crippen MR) is 73.9 cm³/mol. The number of para-hydroxylation sites is 1. The molecule has 1 aromatic carbocycles. The molecular formula is C15H20N2O2. The van der Waals surface area contributed by atoms with Gasteiger partial charge >= 0.3 is 6.03 Å². The van der Waals surface area contributed by atoms with E-state index in [1.807, 2.05) is 35.2 Å². The van der Waals surface area contributed by atoms with Crippen molar-refractivity contribution in [2.75, 3.05) is 18.5 Å². The molecule has 3 rings (SSSR count). The van der Waals surface area contributed by atoms with E-state index in [9.17, 15) is 4.79 Å². The summed E-state index contributed by atoms with van der Waals surface area (Å²) in [7, 11) is 0. The monoisotopic (exact) mass is 260 g/mol. The van der Waals surface area contributed by atoms with Gasteiger partial charge in [0.2, 0.25) is 0 Å². The molecule has 0 radical (unpaired) electrons. The van der Waals surface area contributed by atoms with Crippen LogP contribution in [0.5, 0.6) is 0 Å².